The summed E-state index contributed by atoms with van der Waals surface area (Å²) >= 11 is 0. The minimum atomic E-state index is 0.294. The number of hydrogen-bond donors (Lipinski definition) is 0. The van der Waals surface area contributed by atoms with Crippen LogP contribution in [-0.4, -0.2) is 62.2 Å². The zero-order chi connectivity index (χ0) is 21.9. The van der Waals surface area contributed by atoms with E-state index in [-0.39, 0.29) is 0 Å². The highest BCUT2D eigenvalue weighted by molar-refractivity contribution is 5.77. The van der Waals surface area contributed by atoms with Gasteiger partial charge < -0.3 is 14.1 Å². The second-order valence-corrected chi connectivity index (χ2v) is 9.30. The van der Waals surface area contributed by atoms with Crippen molar-refractivity contribution >= 4 is 5.91 Å². The minimum Gasteiger partial charge on any atom is -0.493 e. The molecule has 0 unspecified atom stereocenters. The zero-order valence-corrected chi connectivity index (χ0v) is 20.1. The van der Waals surface area contributed by atoms with E-state index < -0.39 is 0 Å². The van der Waals surface area contributed by atoms with Crippen molar-refractivity contribution in [2.45, 2.75) is 72.6 Å². The van der Waals surface area contributed by atoms with E-state index in [1.165, 1.54) is 11.1 Å². The standard InChI is InChI=1S/C25H45N2O2/c1-8-15-26(16-9-2)25(28)20-27(6,7)17-11-10-12-18-29-24-19-22(5)13-14-23(24)21(3)4/h13-14,19,21H,8-12,15-18,20H2,1-7H3/q+1. The lowest BCUT2D eigenvalue weighted by Gasteiger charge is -2.32. The van der Waals surface area contributed by atoms with Crippen LogP contribution in [0.3, 0.4) is 0 Å². The first-order valence-corrected chi connectivity index (χ1v) is 11.5. The molecule has 0 aromatic heterocycles. The van der Waals surface area contributed by atoms with Gasteiger partial charge in [0.2, 0.25) is 0 Å². The SMILES string of the molecule is CCCN(CCC)C(=O)C[N+](C)(C)CCCCCOc1cc(C)ccc1C(C)C. The third kappa shape index (κ3) is 9.66. The largest absolute Gasteiger partial charge is 0.493 e. The van der Waals surface area contributed by atoms with Gasteiger partial charge in [0.05, 0.1) is 27.2 Å². The van der Waals surface area contributed by atoms with Crippen molar-refractivity contribution in [1.29, 1.82) is 0 Å². The third-order valence-electron chi connectivity index (χ3n) is 5.36. The van der Waals surface area contributed by atoms with E-state index in [9.17, 15) is 4.79 Å². The van der Waals surface area contributed by atoms with Crippen LogP contribution < -0.4 is 4.74 Å². The number of carbonyl (C=O) groups is 1. The highest BCUT2D eigenvalue weighted by Crippen LogP contribution is 2.27. The third-order valence-corrected chi connectivity index (χ3v) is 5.36. The molecule has 0 saturated carbocycles. The number of nitrogens with zero attached hydrogens (tertiary/aromatic N) is 2. The number of aryl methyl sites for hydroxylation is 1. The number of rotatable bonds is 14. The molecule has 0 bridgehead atoms. The Balaban J connectivity index is 2.36. The van der Waals surface area contributed by atoms with Crippen molar-refractivity contribution in [3.63, 3.8) is 0 Å². The lowest BCUT2D eigenvalue weighted by atomic mass is 10.0. The summed E-state index contributed by atoms with van der Waals surface area (Å²) in [6.07, 6.45) is 5.36. The van der Waals surface area contributed by atoms with Crippen molar-refractivity contribution in [1.82, 2.24) is 4.90 Å². The molecule has 1 amide bonds. The molecular weight excluding hydrogens is 360 g/mol. The van der Waals surface area contributed by atoms with E-state index in [2.05, 4.69) is 66.9 Å². The summed E-state index contributed by atoms with van der Waals surface area (Å²) in [6, 6.07) is 6.50. The second kappa shape index (κ2) is 12.9. The maximum absolute atomic E-state index is 12.6. The summed E-state index contributed by atoms with van der Waals surface area (Å²) in [4.78, 5) is 14.7. The molecule has 1 aromatic rings. The van der Waals surface area contributed by atoms with Crippen LogP contribution in [0.1, 0.15) is 76.8 Å². The molecule has 4 heteroatoms. The first kappa shape index (κ1) is 25.5. The molecule has 0 heterocycles. The first-order chi connectivity index (χ1) is 13.7. The molecule has 1 aromatic carbocycles. The number of quaternary nitrogens is 1. The lowest BCUT2D eigenvalue weighted by molar-refractivity contribution is -0.883. The first-order valence-electron chi connectivity index (χ1n) is 11.5. The van der Waals surface area contributed by atoms with Crippen LogP contribution in [0.15, 0.2) is 18.2 Å². The molecule has 0 aliphatic carbocycles. The molecule has 1 rings (SSSR count). The van der Waals surface area contributed by atoms with Gasteiger partial charge in [-0.1, -0.05) is 39.8 Å². The summed E-state index contributed by atoms with van der Waals surface area (Å²) in [6.45, 7) is 14.9. The predicted molar refractivity (Wildman–Crippen MR) is 124 cm³/mol. The van der Waals surface area contributed by atoms with Gasteiger partial charge in [0.15, 0.2) is 6.54 Å². The van der Waals surface area contributed by atoms with Gasteiger partial charge in [-0.3, -0.25) is 4.79 Å². The fourth-order valence-corrected chi connectivity index (χ4v) is 3.69. The maximum atomic E-state index is 12.6. The Morgan fingerprint density at radius 3 is 2.31 bits per heavy atom. The van der Waals surface area contributed by atoms with Crippen LogP contribution >= 0.6 is 0 Å². The fourth-order valence-electron chi connectivity index (χ4n) is 3.69. The number of carbonyl (C=O) groups excluding carboxylic acids is 1. The Morgan fingerprint density at radius 2 is 1.72 bits per heavy atom. The molecule has 4 nitrogen and oxygen atoms in total. The number of likely N-dealkylation sites (N-methyl/N-ethyl adjacent to an activating group) is 1. The van der Waals surface area contributed by atoms with Crippen molar-refractivity contribution < 1.29 is 14.0 Å². The molecule has 0 fully saturated rings. The quantitative estimate of drug-likeness (QED) is 0.307. The molecule has 166 valence electrons. The maximum Gasteiger partial charge on any atom is 0.277 e. The van der Waals surface area contributed by atoms with E-state index in [4.69, 9.17) is 4.74 Å². The molecule has 0 aliphatic rings. The van der Waals surface area contributed by atoms with E-state index in [1.54, 1.807) is 0 Å². The second-order valence-electron chi connectivity index (χ2n) is 9.30. The summed E-state index contributed by atoms with van der Waals surface area (Å²) in [5.41, 5.74) is 2.53. The zero-order valence-electron chi connectivity index (χ0n) is 20.1. The molecule has 0 saturated heterocycles. The molecular formula is C25H45N2O2+. The summed E-state index contributed by atoms with van der Waals surface area (Å²) in [7, 11) is 4.35. The van der Waals surface area contributed by atoms with E-state index >= 15 is 0 Å². The molecule has 0 atom stereocenters. The Hall–Kier alpha value is -1.55. The highest BCUT2D eigenvalue weighted by Gasteiger charge is 2.23. The Labute approximate surface area is 179 Å². The average Bonchev–Trinajstić information content (AvgIpc) is 2.63. The number of hydrogen-bond acceptors (Lipinski definition) is 2. The Kier molecular flexibility index (Phi) is 11.3. The van der Waals surface area contributed by atoms with Gasteiger partial charge in [-0.2, -0.15) is 0 Å². The fraction of sp³-hybridized carbons (Fsp3) is 0.720. The molecule has 29 heavy (non-hydrogen) atoms. The van der Waals surface area contributed by atoms with Crippen LogP contribution in [0, 0.1) is 6.92 Å². The van der Waals surface area contributed by atoms with E-state index in [1.807, 2.05) is 4.90 Å². The Morgan fingerprint density at radius 1 is 1.07 bits per heavy atom. The van der Waals surface area contributed by atoms with Gasteiger partial charge in [-0.05, 0) is 62.1 Å². The van der Waals surface area contributed by atoms with E-state index in [0.29, 0.717) is 18.4 Å². The molecule has 0 N–H and O–H groups in total. The monoisotopic (exact) mass is 405 g/mol. The topological polar surface area (TPSA) is 29.5 Å². The van der Waals surface area contributed by atoms with Crippen molar-refractivity contribution in [3.8, 4) is 5.75 Å². The summed E-state index contributed by atoms with van der Waals surface area (Å²) < 4.78 is 6.86. The molecule has 0 aliphatic heterocycles. The number of amides is 1. The predicted octanol–water partition coefficient (Wildman–Crippen LogP) is 5.39. The van der Waals surface area contributed by atoms with Crippen LogP contribution in [0.4, 0.5) is 0 Å². The van der Waals surface area contributed by atoms with Crippen molar-refractivity contribution in [2.75, 3.05) is 46.9 Å². The minimum absolute atomic E-state index is 0.294. The Bertz CT molecular complexity index is 605. The smallest absolute Gasteiger partial charge is 0.277 e. The van der Waals surface area contributed by atoms with Gasteiger partial charge >= 0.3 is 0 Å². The van der Waals surface area contributed by atoms with Crippen LogP contribution in [0.2, 0.25) is 0 Å². The molecule has 0 spiro atoms. The van der Waals surface area contributed by atoms with Gasteiger partial charge in [0.1, 0.15) is 5.75 Å². The van der Waals surface area contributed by atoms with Gasteiger partial charge in [0, 0.05) is 13.1 Å². The van der Waals surface area contributed by atoms with Gasteiger partial charge in [0.25, 0.3) is 5.91 Å². The summed E-state index contributed by atoms with van der Waals surface area (Å²) in [5.74, 6) is 1.80. The van der Waals surface area contributed by atoms with Gasteiger partial charge in [-0.15, -0.1) is 0 Å². The van der Waals surface area contributed by atoms with Crippen LogP contribution in [0.5, 0.6) is 5.75 Å². The summed E-state index contributed by atoms with van der Waals surface area (Å²) in [5, 5.41) is 0. The lowest BCUT2D eigenvalue weighted by Crippen LogP contribution is -2.49. The van der Waals surface area contributed by atoms with Crippen molar-refractivity contribution in [2.24, 2.45) is 0 Å². The number of unbranched alkanes of at least 4 members (excludes halogenated alkanes) is 2. The van der Waals surface area contributed by atoms with Crippen molar-refractivity contribution in [3.05, 3.63) is 29.3 Å². The molecule has 0 radical (unpaired) electrons. The number of ether oxygens (including phenoxy) is 1. The normalized spacial score (nSPS) is 11.7. The number of benzene rings is 1. The average molecular weight is 406 g/mol. The van der Waals surface area contributed by atoms with Crippen LogP contribution in [-0.2, 0) is 4.79 Å². The highest BCUT2D eigenvalue weighted by atomic mass is 16.5. The van der Waals surface area contributed by atoms with Gasteiger partial charge in [-0.25, -0.2) is 0 Å². The van der Waals surface area contributed by atoms with Crippen LogP contribution in [0.25, 0.3) is 0 Å². The van der Waals surface area contributed by atoms with E-state index in [0.717, 1.165) is 68.6 Å².